The molecule has 0 unspecified atom stereocenters. The Hall–Kier alpha value is -1.02. The van der Waals surface area contributed by atoms with Gasteiger partial charge in [-0.2, -0.15) is 0 Å². The third-order valence-corrected chi connectivity index (χ3v) is 3.07. The van der Waals surface area contributed by atoms with Crippen LogP contribution in [-0.2, 0) is 6.42 Å². The summed E-state index contributed by atoms with van der Waals surface area (Å²) in [5.74, 6) is 1.60. The molecule has 0 atom stereocenters. The fraction of sp³-hybridized carbons (Fsp3) is 0.600. The highest BCUT2D eigenvalue weighted by Gasteiger charge is 2.07. The van der Waals surface area contributed by atoms with Crippen LogP contribution < -0.4 is 10.1 Å². The van der Waals surface area contributed by atoms with Crippen LogP contribution in [0.5, 0.6) is 5.75 Å². The smallest absolute Gasteiger partial charge is 0.122 e. The summed E-state index contributed by atoms with van der Waals surface area (Å²) >= 11 is 0. The molecule has 0 saturated heterocycles. The van der Waals surface area contributed by atoms with E-state index < -0.39 is 0 Å². The molecule has 0 aliphatic heterocycles. The van der Waals surface area contributed by atoms with E-state index in [1.165, 1.54) is 16.7 Å². The second kappa shape index (κ2) is 6.65. The van der Waals surface area contributed by atoms with E-state index >= 15 is 0 Å². The van der Waals surface area contributed by atoms with Crippen LogP contribution in [0.3, 0.4) is 0 Å². The number of ether oxygens (including phenoxy) is 1. The lowest BCUT2D eigenvalue weighted by molar-refractivity contribution is 0.269. The van der Waals surface area contributed by atoms with Crippen LogP contribution in [0, 0.1) is 19.8 Å². The Morgan fingerprint density at radius 3 is 2.47 bits per heavy atom. The van der Waals surface area contributed by atoms with Crippen LogP contribution >= 0.6 is 0 Å². The Morgan fingerprint density at radius 1 is 1.18 bits per heavy atom. The minimum atomic E-state index is 0.568. The van der Waals surface area contributed by atoms with Crippen molar-refractivity contribution in [2.75, 3.05) is 20.2 Å². The first kappa shape index (κ1) is 14.0. The van der Waals surface area contributed by atoms with Crippen molar-refractivity contribution in [3.8, 4) is 5.75 Å². The van der Waals surface area contributed by atoms with Gasteiger partial charge >= 0.3 is 0 Å². The van der Waals surface area contributed by atoms with Crippen LogP contribution in [0.25, 0.3) is 0 Å². The molecule has 0 aliphatic carbocycles. The Bertz CT molecular complexity index is 358. The van der Waals surface area contributed by atoms with E-state index in [4.69, 9.17) is 4.74 Å². The quantitative estimate of drug-likeness (QED) is 0.818. The van der Waals surface area contributed by atoms with Crippen LogP contribution in [0.15, 0.2) is 12.1 Å². The number of likely N-dealkylation sites (N-methyl/N-ethyl adjacent to an activating group) is 1. The molecule has 0 spiro atoms. The number of nitrogens with one attached hydrogen (secondary N) is 1. The highest BCUT2D eigenvalue weighted by Crippen LogP contribution is 2.24. The Kier molecular flexibility index (Phi) is 5.49. The molecule has 0 bridgehead atoms. The Morgan fingerprint density at radius 2 is 1.88 bits per heavy atom. The Balaban J connectivity index is 2.79. The lowest BCUT2D eigenvalue weighted by Gasteiger charge is -2.15. The third-order valence-electron chi connectivity index (χ3n) is 3.07. The maximum atomic E-state index is 5.82. The maximum absolute atomic E-state index is 5.82. The van der Waals surface area contributed by atoms with Gasteiger partial charge in [0, 0.05) is 0 Å². The van der Waals surface area contributed by atoms with E-state index in [9.17, 15) is 0 Å². The molecule has 1 aromatic carbocycles. The normalized spacial score (nSPS) is 10.9. The minimum absolute atomic E-state index is 0.568. The predicted octanol–water partition coefficient (Wildman–Crippen LogP) is 3.10. The first-order chi connectivity index (χ1) is 8.06. The van der Waals surface area contributed by atoms with E-state index in [2.05, 4.69) is 45.1 Å². The molecule has 0 aliphatic rings. The zero-order valence-electron chi connectivity index (χ0n) is 11.8. The van der Waals surface area contributed by atoms with Gasteiger partial charge in [0.2, 0.25) is 0 Å². The number of hydrogen-bond donors (Lipinski definition) is 1. The SMILES string of the molecule is CNCCc1ccc(OCC(C)C)c(C)c1C. The minimum Gasteiger partial charge on any atom is -0.493 e. The van der Waals surface area contributed by atoms with Crippen molar-refractivity contribution in [2.45, 2.75) is 34.1 Å². The molecule has 1 aromatic rings. The summed E-state index contributed by atoms with van der Waals surface area (Å²) in [6, 6.07) is 4.30. The van der Waals surface area contributed by atoms with Gasteiger partial charge in [0.25, 0.3) is 0 Å². The summed E-state index contributed by atoms with van der Waals surface area (Å²) in [5, 5.41) is 3.19. The second-order valence-electron chi connectivity index (χ2n) is 5.03. The molecule has 17 heavy (non-hydrogen) atoms. The van der Waals surface area contributed by atoms with Gasteiger partial charge in [0.05, 0.1) is 6.61 Å². The summed E-state index contributed by atoms with van der Waals surface area (Å²) in [7, 11) is 1.99. The van der Waals surface area contributed by atoms with Crippen LogP contribution in [0.4, 0.5) is 0 Å². The molecular weight excluding hydrogens is 210 g/mol. The summed E-state index contributed by atoms with van der Waals surface area (Å²) in [6.07, 6.45) is 1.08. The van der Waals surface area contributed by atoms with Gasteiger partial charge in [-0.3, -0.25) is 0 Å². The fourth-order valence-corrected chi connectivity index (χ4v) is 1.80. The van der Waals surface area contributed by atoms with Crippen molar-refractivity contribution in [3.63, 3.8) is 0 Å². The topological polar surface area (TPSA) is 21.3 Å². The molecule has 2 nitrogen and oxygen atoms in total. The molecule has 0 heterocycles. The number of rotatable bonds is 6. The molecule has 96 valence electrons. The average Bonchev–Trinajstić information content (AvgIpc) is 2.29. The zero-order chi connectivity index (χ0) is 12.8. The lowest BCUT2D eigenvalue weighted by Crippen LogP contribution is -2.12. The molecular formula is C15H25NO. The maximum Gasteiger partial charge on any atom is 0.122 e. The van der Waals surface area contributed by atoms with Gasteiger partial charge in [0.15, 0.2) is 0 Å². The Labute approximate surface area is 105 Å². The van der Waals surface area contributed by atoms with E-state index in [-0.39, 0.29) is 0 Å². The van der Waals surface area contributed by atoms with E-state index in [1.807, 2.05) is 7.05 Å². The number of hydrogen-bond acceptors (Lipinski definition) is 2. The molecule has 1 N–H and O–H groups in total. The first-order valence-electron chi connectivity index (χ1n) is 6.42. The van der Waals surface area contributed by atoms with Crippen molar-refractivity contribution in [2.24, 2.45) is 5.92 Å². The molecule has 1 rings (SSSR count). The van der Waals surface area contributed by atoms with Gasteiger partial charge in [-0.15, -0.1) is 0 Å². The number of benzene rings is 1. The molecule has 0 saturated carbocycles. The van der Waals surface area contributed by atoms with E-state index in [0.29, 0.717) is 5.92 Å². The second-order valence-corrected chi connectivity index (χ2v) is 5.03. The summed E-state index contributed by atoms with van der Waals surface area (Å²) < 4.78 is 5.82. The van der Waals surface area contributed by atoms with E-state index in [1.54, 1.807) is 0 Å². The predicted molar refractivity (Wildman–Crippen MR) is 73.9 cm³/mol. The van der Waals surface area contributed by atoms with Gasteiger partial charge in [-0.25, -0.2) is 0 Å². The van der Waals surface area contributed by atoms with Gasteiger partial charge < -0.3 is 10.1 Å². The summed E-state index contributed by atoms with van der Waals surface area (Å²) in [4.78, 5) is 0. The van der Waals surface area contributed by atoms with Crippen LogP contribution in [0.2, 0.25) is 0 Å². The molecule has 2 heteroatoms. The van der Waals surface area contributed by atoms with Crippen molar-refractivity contribution < 1.29 is 4.74 Å². The standard InChI is InChI=1S/C15H25NO/c1-11(2)10-17-15-7-6-14(8-9-16-5)12(3)13(15)4/h6-7,11,16H,8-10H2,1-5H3. The zero-order valence-corrected chi connectivity index (χ0v) is 11.8. The summed E-state index contributed by atoms with van der Waals surface area (Å²) in [6.45, 7) is 10.5. The third kappa shape index (κ3) is 4.04. The van der Waals surface area contributed by atoms with Crippen molar-refractivity contribution in [3.05, 3.63) is 28.8 Å². The first-order valence-corrected chi connectivity index (χ1v) is 6.42. The lowest BCUT2D eigenvalue weighted by atomic mass is 10.00. The van der Waals surface area contributed by atoms with Crippen molar-refractivity contribution in [1.82, 2.24) is 5.32 Å². The largest absolute Gasteiger partial charge is 0.493 e. The monoisotopic (exact) mass is 235 g/mol. The van der Waals surface area contributed by atoms with Crippen molar-refractivity contribution in [1.29, 1.82) is 0 Å². The fourth-order valence-electron chi connectivity index (χ4n) is 1.80. The highest BCUT2D eigenvalue weighted by molar-refractivity contribution is 5.43. The van der Waals surface area contributed by atoms with E-state index in [0.717, 1.165) is 25.3 Å². The molecule has 0 radical (unpaired) electrons. The van der Waals surface area contributed by atoms with Crippen LogP contribution in [0.1, 0.15) is 30.5 Å². The van der Waals surface area contributed by atoms with Gasteiger partial charge in [0.1, 0.15) is 5.75 Å². The van der Waals surface area contributed by atoms with Crippen molar-refractivity contribution >= 4 is 0 Å². The van der Waals surface area contributed by atoms with Gasteiger partial charge in [-0.05, 0) is 62.5 Å². The highest BCUT2D eigenvalue weighted by atomic mass is 16.5. The van der Waals surface area contributed by atoms with Crippen LogP contribution in [-0.4, -0.2) is 20.2 Å². The summed E-state index contributed by atoms with van der Waals surface area (Å²) in [5.41, 5.74) is 4.05. The molecule has 0 aromatic heterocycles. The molecule has 0 fully saturated rings. The average molecular weight is 235 g/mol. The van der Waals surface area contributed by atoms with Gasteiger partial charge in [-0.1, -0.05) is 19.9 Å². The molecule has 0 amide bonds.